The third kappa shape index (κ3) is 2.99. The van der Waals surface area contributed by atoms with Gasteiger partial charge in [-0.25, -0.2) is 0 Å². The van der Waals surface area contributed by atoms with Crippen LogP contribution in [0.25, 0.3) is 0 Å². The number of carbonyl (C=O) groups excluding carboxylic acids is 1. The smallest absolute Gasteiger partial charge is 0.309 e. The van der Waals surface area contributed by atoms with Crippen molar-refractivity contribution in [2.24, 2.45) is 5.41 Å². The number of nitrogens with one attached hydrogen (secondary N) is 1. The zero-order valence-corrected chi connectivity index (χ0v) is 12.7. The predicted molar refractivity (Wildman–Crippen MR) is 75.6 cm³/mol. The van der Waals surface area contributed by atoms with E-state index in [4.69, 9.17) is 39.9 Å². The maximum absolute atomic E-state index is 11.9. The molecule has 0 radical (unpaired) electrons. The van der Waals surface area contributed by atoms with Gasteiger partial charge in [0.15, 0.2) is 0 Å². The van der Waals surface area contributed by atoms with E-state index in [0.29, 0.717) is 19.3 Å². The number of thiophene rings is 1. The molecule has 4 nitrogen and oxygen atoms in total. The summed E-state index contributed by atoms with van der Waals surface area (Å²) in [6.07, 6.45) is 1.74. The van der Waals surface area contributed by atoms with E-state index in [1.54, 1.807) is 0 Å². The first-order valence-corrected chi connectivity index (χ1v) is 7.47. The zero-order chi connectivity index (χ0) is 14.2. The summed E-state index contributed by atoms with van der Waals surface area (Å²) in [5.74, 6) is -1.19. The van der Waals surface area contributed by atoms with Crippen LogP contribution in [0, 0.1) is 5.41 Å². The van der Waals surface area contributed by atoms with Crippen LogP contribution in [-0.4, -0.2) is 23.5 Å². The van der Waals surface area contributed by atoms with Gasteiger partial charge in [0, 0.05) is 6.54 Å². The first kappa shape index (κ1) is 14.9. The quantitative estimate of drug-likeness (QED) is 0.857. The molecule has 2 rings (SSSR count). The Kier molecular flexibility index (Phi) is 4.30. The molecule has 0 saturated heterocycles. The third-order valence-corrected chi connectivity index (χ3v) is 5.73. The second-order valence-corrected chi connectivity index (χ2v) is 6.80. The molecule has 1 heterocycles. The lowest BCUT2D eigenvalue weighted by atomic mass is 10.0. The molecule has 1 amide bonds. The van der Waals surface area contributed by atoms with Crippen LogP contribution < -0.4 is 5.32 Å². The SMILES string of the molecule is O=C(NCCC1(C(=O)O)CC1)c1sc(Cl)c(Cl)c1Cl. The number of rotatable bonds is 5. The van der Waals surface area contributed by atoms with E-state index in [9.17, 15) is 9.59 Å². The van der Waals surface area contributed by atoms with E-state index in [2.05, 4.69) is 5.32 Å². The lowest BCUT2D eigenvalue weighted by Gasteiger charge is -2.09. The van der Waals surface area contributed by atoms with Gasteiger partial charge in [0.25, 0.3) is 5.91 Å². The molecule has 1 aromatic rings. The van der Waals surface area contributed by atoms with Gasteiger partial charge in [-0.3, -0.25) is 9.59 Å². The Morgan fingerprint density at radius 1 is 1.26 bits per heavy atom. The number of hydrogen-bond donors (Lipinski definition) is 2. The Bertz CT molecular complexity index is 540. The van der Waals surface area contributed by atoms with Gasteiger partial charge in [-0.1, -0.05) is 34.8 Å². The van der Waals surface area contributed by atoms with Crippen molar-refractivity contribution >= 4 is 58.0 Å². The van der Waals surface area contributed by atoms with Crippen LogP contribution in [0.15, 0.2) is 0 Å². The molecule has 0 aliphatic heterocycles. The Balaban J connectivity index is 1.92. The first-order valence-electron chi connectivity index (χ1n) is 5.52. The third-order valence-electron chi connectivity index (χ3n) is 3.16. The topological polar surface area (TPSA) is 66.4 Å². The van der Waals surface area contributed by atoms with Crippen molar-refractivity contribution in [2.75, 3.05) is 6.54 Å². The van der Waals surface area contributed by atoms with Crippen LogP contribution in [0.1, 0.15) is 28.9 Å². The van der Waals surface area contributed by atoms with E-state index in [1.165, 1.54) is 0 Å². The molecule has 0 atom stereocenters. The van der Waals surface area contributed by atoms with Crippen LogP contribution in [-0.2, 0) is 4.79 Å². The fourth-order valence-electron chi connectivity index (χ4n) is 1.73. The molecule has 2 N–H and O–H groups in total. The number of carboxylic acids is 1. The predicted octanol–water partition coefficient (Wildman–Crippen LogP) is 3.69. The van der Waals surface area contributed by atoms with Gasteiger partial charge >= 0.3 is 5.97 Å². The van der Waals surface area contributed by atoms with Crippen molar-refractivity contribution in [3.63, 3.8) is 0 Å². The lowest BCUT2D eigenvalue weighted by molar-refractivity contribution is -0.143. The second kappa shape index (κ2) is 5.48. The summed E-state index contributed by atoms with van der Waals surface area (Å²) in [6, 6.07) is 0. The van der Waals surface area contributed by atoms with Crippen LogP contribution >= 0.6 is 46.1 Å². The average Bonchev–Trinajstić information content (AvgIpc) is 3.10. The van der Waals surface area contributed by atoms with Crippen molar-refractivity contribution in [3.05, 3.63) is 19.3 Å². The molecule has 19 heavy (non-hydrogen) atoms. The fraction of sp³-hybridized carbons (Fsp3) is 0.455. The zero-order valence-electron chi connectivity index (χ0n) is 9.63. The summed E-state index contributed by atoms with van der Waals surface area (Å²) < 4.78 is 0.265. The Morgan fingerprint density at radius 3 is 2.32 bits per heavy atom. The van der Waals surface area contributed by atoms with E-state index >= 15 is 0 Å². The minimum atomic E-state index is -0.804. The van der Waals surface area contributed by atoms with Crippen molar-refractivity contribution in [3.8, 4) is 0 Å². The second-order valence-electron chi connectivity index (χ2n) is 4.42. The monoisotopic (exact) mass is 341 g/mol. The minimum Gasteiger partial charge on any atom is -0.481 e. The van der Waals surface area contributed by atoms with Crippen LogP contribution in [0.4, 0.5) is 0 Å². The van der Waals surface area contributed by atoms with Crippen molar-refractivity contribution in [1.29, 1.82) is 0 Å². The van der Waals surface area contributed by atoms with Gasteiger partial charge in [-0.05, 0) is 19.3 Å². The number of hydrogen-bond acceptors (Lipinski definition) is 3. The lowest BCUT2D eigenvalue weighted by Crippen LogP contribution is -2.28. The molecule has 1 saturated carbocycles. The average molecular weight is 343 g/mol. The molecular weight excluding hydrogens is 333 g/mol. The molecule has 0 unspecified atom stereocenters. The highest BCUT2D eigenvalue weighted by Gasteiger charge is 2.49. The molecule has 104 valence electrons. The van der Waals surface area contributed by atoms with Gasteiger partial charge < -0.3 is 10.4 Å². The van der Waals surface area contributed by atoms with Crippen LogP contribution in [0.2, 0.25) is 14.4 Å². The summed E-state index contributed by atoms with van der Waals surface area (Å²) >= 11 is 18.5. The summed E-state index contributed by atoms with van der Waals surface area (Å²) in [4.78, 5) is 23.1. The van der Waals surface area contributed by atoms with Gasteiger partial charge in [0.1, 0.15) is 9.21 Å². The number of halogens is 3. The minimum absolute atomic E-state index is 0.133. The molecular formula is C11H10Cl3NO3S. The van der Waals surface area contributed by atoms with E-state index in [1.807, 2.05) is 0 Å². The number of amides is 1. The van der Waals surface area contributed by atoms with E-state index in [-0.39, 0.29) is 31.7 Å². The molecule has 0 spiro atoms. The molecule has 1 aromatic heterocycles. The molecule has 0 bridgehead atoms. The highest BCUT2D eigenvalue weighted by molar-refractivity contribution is 7.19. The number of carbonyl (C=O) groups is 2. The van der Waals surface area contributed by atoms with Gasteiger partial charge in [0.2, 0.25) is 0 Å². The summed E-state index contributed by atoms with van der Waals surface area (Å²) in [5.41, 5.74) is -0.651. The highest BCUT2D eigenvalue weighted by atomic mass is 35.5. The van der Waals surface area contributed by atoms with Gasteiger partial charge in [-0.15, -0.1) is 11.3 Å². The summed E-state index contributed by atoms with van der Waals surface area (Å²) in [6.45, 7) is 0.286. The standard InChI is InChI=1S/C11H10Cl3NO3S/c12-5-6(13)8(14)19-7(5)9(16)15-4-3-11(1-2-11)10(17)18/h1-4H2,(H,15,16)(H,17,18). The highest BCUT2D eigenvalue weighted by Crippen LogP contribution is 2.48. The molecule has 0 aromatic carbocycles. The van der Waals surface area contributed by atoms with Crippen LogP contribution in [0.5, 0.6) is 0 Å². The number of carboxylic acid groups (broad SMARTS) is 1. The summed E-state index contributed by atoms with van der Waals surface area (Å²) in [5, 5.41) is 11.9. The maximum Gasteiger partial charge on any atom is 0.309 e. The van der Waals surface area contributed by atoms with Gasteiger partial charge in [0.05, 0.1) is 15.5 Å². The fourth-order valence-corrected chi connectivity index (χ4v) is 3.45. The maximum atomic E-state index is 11.9. The molecule has 1 aliphatic rings. The van der Waals surface area contributed by atoms with Crippen molar-refractivity contribution in [2.45, 2.75) is 19.3 Å². The first-order chi connectivity index (χ1) is 8.87. The normalized spacial score (nSPS) is 16.2. The Morgan fingerprint density at radius 2 is 1.89 bits per heavy atom. The molecule has 1 aliphatic carbocycles. The molecule has 1 fully saturated rings. The van der Waals surface area contributed by atoms with E-state index < -0.39 is 11.4 Å². The Hall–Kier alpha value is -0.490. The Labute approximate surface area is 128 Å². The number of aliphatic carboxylic acids is 1. The van der Waals surface area contributed by atoms with Gasteiger partial charge in [-0.2, -0.15) is 0 Å². The van der Waals surface area contributed by atoms with Crippen LogP contribution in [0.3, 0.4) is 0 Å². The van der Waals surface area contributed by atoms with Crippen molar-refractivity contribution in [1.82, 2.24) is 5.32 Å². The molecule has 8 heteroatoms. The van der Waals surface area contributed by atoms with Crippen molar-refractivity contribution < 1.29 is 14.7 Å². The van der Waals surface area contributed by atoms with E-state index in [0.717, 1.165) is 11.3 Å². The largest absolute Gasteiger partial charge is 0.481 e. The summed E-state index contributed by atoms with van der Waals surface area (Å²) in [7, 11) is 0.